The van der Waals surface area contributed by atoms with Crippen molar-refractivity contribution in [2.45, 2.75) is 0 Å². The van der Waals surface area contributed by atoms with E-state index in [-0.39, 0.29) is 0 Å². The summed E-state index contributed by atoms with van der Waals surface area (Å²) in [6.07, 6.45) is 7.13. The molecule has 0 amide bonds. The summed E-state index contributed by atoms with van der Waals surface area (Å²) < 4.78 is 0. The van der Waals surface area contributed by atoms with Crippen LogP contribution in [-0.4, -0.2) is 44.9 Å². The first-order valence-electron chi connectivity index (χ1n) is 22.2. The summed E-state index contributed by atoms with van der Waals surface area (Å²) >= 11 is 0. The molecule has 0 spiro atoms. The van der Waals surface area contributed by atoms with Gasteiger partial charge in [0.2, 0.25) is 0 Å². The van der Waals surface area contributed by atoms with Crippen LogP contribution in [0.1, 0.15) is 0 Å². The van der Waals surface area contributed by atoms with Crippen molar-refractivity contribution in [1.82, 2.24) is 44.9 Å². The third-order valence-corrected chi connectivity index (χ3v) is 11.9. The lowest BCUT2D eigenvalue weighted by Gasteiger charge is -2.15. The molecule has 318 valence electrons. The molecule has 12 aromatic rings. The summed E-state index contributed by atoms with van der Waals surface area (Å²) in [6, 6.07) is 67.5. The summed E-state index contributed by atoms with van der Waals surface area (Å²) in [4.78, 5) is 44.9. The van der Waals surface area contributed by atoms with Crippen LogP contribution in [0.5, 0.6) is 0 Å². The third-order valence-electron chi connectivity index (χ3n) is 11.9. The van der Waals surface area contributed by atoms with Crippen LogP contribution in [0, 0.1) is 0 Å². The van der Waals surface area contributed by atoms with Gasteiger partial charge in [-0.3, -0.25) is 19.9 Å². The highest BCUT2D eigenvalue weighted by molar-refractivity contribution is 5.89. The Morgan fingerprint density at radius 3 is 0.853 bits per heavy atom. The van der Waals surface area contributed by atoms with Crippen LogP contribution >= 0.6 is 0 Å². The fourth-order valence-electron chi connectivity index (χ4n) is 8.49. The van der Waals surface area contributed by atoms with Gasteiger partial charge in [-0.2, -0.15) is 0 Å². The van der Waals surface area contributed by atoms with Gasteiger partial charge in [-0.1, -0.05) is 97.1 Å². The monoisotopic (exact) mass is 871 g/mol. The lowest BCUT2D eigenvalue weighted by Crippen LogP contribution is -2.01. The SMILES string of the molecule is c1ccc(-c2cc(-c3cc(-c4cc(-c5ccccn5)nc(-c5ccccn5)c4)cc(-c4nc(-c5ccc6ccccc6c5)nc(-c5ccc6ccccc6c5)n4)c3)cc(-c3ccccn3)n2)nc1. The zero-order valence-electron chi connectivity index (χ0n) is 36.4. The van der Waals surface area contributed by atoms with E-state index in [4.69, 9.17) is 44.9 Å². The minimum Gasteiger partial charge on any atom is -0.255 e. The Morgan fingerprint density at radius 1 is 0.191 bits per heavy atom. The molecule has 0 aliphatic carbocycles. The van der Waals surface area contributed by atoms with Gasteiger partial charge >= 0.3 is 0 Å². The number of pyridine rings is 6. The van der Waals surface area contributed by atoms with E-state index in [1.807, 2.05) is 97.1 Å². The van der Waals surface area contributed by atoms with Crippen LogP contribution in [0.15, 0.2) is 225 Å². The number of hydrogen-bond donors (Lipinski definition) is 0. The quantitative estimate of drug-likeness (QED) is 0.140. The summed E-state index contributed by atoms with van der Waals surface area (Å²) in [5, 5.41) is 4.47. The molecule has 0 unspecified atom stereocenters. The topological polar surface area (TPSA) is 116 Å². The fourth-order valence-corrected chi connectivity index (χ4v) is 8.49. The van der Waals surface area contributed by atoms with Crippen molar-refractivity contribution in [3.8, 4) is 102 Å². The molecule has 0 bridgehead atoms. The Kier molecular flexibility index (Phi) is 10.3. The zero-order valence-corrected chi connectivity index (χ0v) is 36.4. The Morgan fingerprint density at radius 2 is 0.500 bits per heavy atom. The molecule has 68 heavy (non-hydrogen) atoms. The minimum atomic E-state index is 0.516. The van der Waals surface area contributed by atoms with Gasteiger partial charge in [0, 0.05) is 41.5 Å². The largest absolute Gasteiger partial charge is 0.255 e. The molecule has 9 heteroatoms. The predicted molar refractivity (Wildman–Crippen MR) is 271 cm³/mol. The van der Waals surface area contributed by atoms with Crippen molar-refractivity contribution in [1.29, 1.82) is 0 Å². The van der Waals surface area contributed by atoms with Crippen molar-refractivity contribution in [3.05, 3.63) is 225 Å². The van der Waals surface area contributed by atoms with Crippen molar-refractivity contribution < 1.29 is 0 Å². The van der Waals surface area contributed by atoms with Gasteiger partial charge in [0.15, 0.2) is 17.5 Å². The lowest BCUT2D eigenvalue weighted by molar-refractivity contribution is 1.08. The van der Waals surface area contributed by atoms with E-state index in [1.165, 1.54) is 0 Å². The molecule has 0 aliphatic heterocycles. The van der Waals surface area contributed by atoms with E-state index < -0.39 is 0 Å². The summed E-state index contributed by atoms with van der Waals surface area (Å²) in [5.41, 5.74) is 12.0. The van der Waals surface area contributed by atoms with E-state index in [0.29, 0.717) is 40.2 Å². The number of benzene rings is 5. The lowest BCUT2D eigenvalue weighted by atomic mass is 9.94. The standard InChI is InChI=1S/C59H37N9/c1-3-15-40-29-42(23-21-38(40)13-1)57-66-58(43-24-22-39-14-2-4-16-41(39)30-43)68-59(67-57)48-32-44(46-34-53(49-17-5-9-25-60-49)64-54(35-46)50-18-6-10-26-61-50)31-45(33-48)47-36-55(51-19-7-11-27-62-51)65-56(37-47)52-20-8-12-28-63-52/h1-37H. The summed E-state index contributed by atoms with van der Waals surface area (Å²) in [7, 11) is 0. The molecule has 5 aromatic carbocycles. The average Bonchev–Trinajstić information content (AvgIpc) is 3.43. The second-order valence-corrected chi connectivity index (χ2v) is 16.3. The first kappa shape index (κ1) is 40.1. The normalized spacial score (nSPS) is 11.2. The maximum absolute atomic E-state index is 5.31. The van der Waals surface area contributed by atoms with E-state index in [1.54, 1.807) is 24.8 Å². The van der Waals surface area contributed by atoms with Crippen molar-refractivity contribution in [2.75, 3.05) is 0 Å². The van der Waals surface area contributed by atoms with Gasteiger partial charge in [-0.05, 0) is 147 Å². The predicted octanol–water partition coefficient (Wildman–Crippen LogP) is 13.6. The van der Waals surface area contributed by atoms with Crippen molar-refractivity contribution in [3.63, 3.8) is 0 Å². The number of hydrogen-bond acceptors (Lipinski definition) is 9. The molecular formula is C59H37N9. The first-order valence-corrected chi connectivity index (χ1v) is 22.2. The summed E-state index contributed by atoms with van der Waals surface area (Å²) in [6.45, 7) is 0. The second kappa shape index (κ2) is 17.5. The third kappa shape index (κ3) is 8.12. The molecule has 0 radical (unpaired) electrons. The number of rotatable bonds is 9. The van der Waals surface area contributed by atoms with Crippen LogP contribution < -0.4 is 0 Å². The van der Waals surface area contributed by atoms with Crippen molar-refractivity contribution >= 4 is 21.5 Å². The van der Waals surface area contributed by atoms with Gasteiger partial charge in [-0.15, -0.1) is 0 Å². The average molecular weight is 872 g/mol. The van der Waals surface area contributed by atoms with Crippen molar-refractivity contribution in [2.24, 2.45) is 0 Å². The maximum atomic E-state index is 5.31. The molecule has 12 rings (SSSR count). The second-order valence-electron chi connectivity index (χ2n) is 16.3. The van der Waals surface area contributed by atoms with Crippen LogP contribution in [0.2, 0.25) is 0 Å². The zero-order chi connectivity index (χ0) is 45.2. The van der Waals surface area contributed by atoms with Gasteiger partial charge < -0.3 is 0 Å². The molecule has 7 aromatic heterocycles. The number of nitrogens with zero attached hydrogens (tertiary/aromatic N) is 9. The molecule has 0 N–H and O–H groups in total. The van der Waals surface area contributed by atoms with E-state index >= 15 is 0 Å². The Labute approximate surface area is 391 Å². The van der Waals surface area contributed by atoms with Crippen LogP contribution in [0.25, 0.3) is 124 Å². The van der Waals surface area contributed by atoms with Crippen LogP contribution in [0.3, 0.4) is 0 Å². The first-order chi connectivity index (χ1) is 33.6. The van der Waals surface area contributed by atoms with Gasteiger partial charge in [0.1, 0.15) is 0 Å². The smallest absolute Gasteiger partial charge is 0.164 e. The van der Waals surface area contributed by atoms with Gasteiger partial charge in [0.25, 0.3) is 0 Å². The van der Waals surface area contributed by atoms with E-state index in [2.05, 4.69) is 103 Å². The Hall–Kier alpha value is -9.47. The molecule has 0 atom stereocenters. The molecule has 0 saturated heterocycles. The number of fused-ring (bicyclic) bond motifs is 2. The molecular weight excluding hydrogens is 835 g/mol. The molecule has 0 aliphatic rings. The Bertz CT molecular complexity index is 3440. The van der Waals surface area contributed by atoms with Gasteiger partial charge in [0.05, 0.1) is 45.6 Å². The summed E-state index contributed by atoms with van der Waals surface area (Å²) in [5.74, 6) is 1.64. The maximum Gasteiger partial charge on any atom is 0.164 e. The highest BCUT2D eigenvalue weighted by Gasteiger charge is 2.19. The number of aromatic nitrogens is 9. The molecule has 0 fully saturated rings. The van der Waals surface area contributed by atoms with Crippen LogP contribution in [-0.2, 0) is 0 Å². The minimum absolute atomic E-state index is 0.516. The molecule has 0 saturated carbocycles. The molecule has 9 nitrogen and oxygen atoms in total. The fraction of sp³-hybridized carbons (Fsp3) is 0. The highest BCUT2D eigenvalue weighted by atomic mass is 15.0. The van der Waals surface area contributed by atoms with E-state index in [9.17, 15) is 0 Å². The Balaban J connectivity index is 1.12. The van der Waals surface area contributed by atoms with E-state index in [0.717, 1.165) is 83.3 Å². The molecule has 7 heterocycles. The van der Waals surface area contributed by atoms with Crippen LogP contribution in [0.4, 0.5) is 0 Å². The van der Waals surface area contributed by atoms with Gasteiger partial charge in [-0.25, -0.2) is 24.9 Å². The highest BCUT2D eigenvalue weighted by Crippen LogP contribution is 2.38.